The molecular weight excluding hydrogens is 334 g/mol. The Kier molecular flexibility index (Phi) is 5.36. The highest BCUT2D eigenvalue weighted by Crippen LogP contribution is 2.23. The van der Waals surface area contributed by atoms with E-state index in [4.69, 9.17) is 5.73 Å². The summed E-state index contributed by atoms with van der Waals surface area (Å²) in [6.07, 6.45) is 1.68. The van der Waals surface area contributed by atoms with Crippen molar-refractivity contribution >= 4 is 27.7 Å². The van der Waals surface area contributed by atoms with Crippen molar-refractivity contribution in [1.82, 2.24) is 10.2 Å². The normalized spacial score (nSPS) is 15.7. The van der Waals surface area contributed by atoms with Gasteiger partial charge in [-0.2, -0.15) is 0 Å². The summed E-state index contributed by atoms with van der Waals surface area (Å²) in [5.41, 5.74) is 6.82. The van der Waals surface area contributed by atoms with Crippen molar-refractivity contribution in [3.8, 4) is 0 Å². The molecule has 1 aromatic carbocycles. The number of benzene rings is 1. The fourth-order valence-corrected chi connectivity index (χ4v) is 3.01. The summed E-state index contributed by atoms with van der Waals surface area (Å²) in [6, 6.07) is 5.58. The second kappa shape index (κ2) is 7.04. The van der Waals surface area contributed by atoms with Crippen LogP contribution in [0.5, 0.6) is 0 Å². The second-order valence-electron chi connectivity index (χ2n) is 5.29. The highest BCUT2D eigenvalue weighted by molar-refractivity contribution is 9.10. The molecule has 2 rings (SSSR count). The Morgan fingerprint density at radius 2 is 2.05 bits per heavy atom. The number of hydrogen-bond acceptors (Lipinski definition) is 3. The molecule has 0 radical (unpaired) electrons. The monoisotopic (exact) mass is 353 g/mol. The molecule has 0 aliphatic carbocycles. The van der Waals surface area contributed by atoms with Crippen molar-refractivity contribution in [1.29, 1.82) is 0 Å². The van der Waals surface area contributed by atoms with Crippen LogP contribution in [0.4, 0.5) is 0 Å². The standard InChI is InChI=1S/C15H20BrN3O2/c1-10-12(3-2-4-13(10)16)15(21)19(9-14(17)20)11-5-7-18-8-6-11/h2-4,11,18H,5-9H2,1H3,(H2,17,20). The van der Waals surface area contributed by atoms with Gasteiger partial charge in [-0.05, 0) is 50.6 Å². The molecule has 1 heterocycles. The van der Waals surface area contributed by atoms with Gasteiger partial charge < -0.3 is 16.0 Å². The molecule has 1 aliphatic rings. The first-order valence-corrected chi connectivity index (χ1v) is 7.85. The van der Waals surface area contributed by atoms with Gasteiger partial charge in [-0.3, -0.25) is 9.59 Å². The maximum atomic E-state index is 12.8. The zero-order valence-corrected chi connectivity index (χ0v) is 13.6. The number of nitrogens with two attached hydrogens (primary N) is 1. The fraction of sp³-hybridized carbons (Fsp3) is 0.467. The van der Waals surface area contributed by atoms with E-state index in [1.54, 1.807) is 11.0 Å². The second-order valence-corrected chi connectivity index (χ2v) is 6.15. The third-order valence-corrected chi connectivity index (χ3v) is 4.69. The maximum Gasteiger partial charge on any atom is 0.254 e. The Morgan fingerprint density at radius 3 is 2.67 bits per heavy atom. The van der Waals surface area contributed by atoms with E-state index in [1.165, 1.54) is 0 Å². The number of rotatable bonds is 4. The van der Waals surface area contributed by atoms with Gasteiger partial charge in [0.15, 0.2) is 0 Å². The van der Waals surface area contributed by atoms with Gasteiger partial charge in [0.2, 0.25) is 5.91 Å². The first-order chi connectivity index (χ1) is 10.0. The summed E-state index contributed by atoms with van der Waals surface area (Å²) in [6.45, 7) is 3.56. The van der Waals surface area contributed by atoms with E-state index >= 15 is 0 Å². The van der Waals surface area contributed by atoms with Gasteiger partial charge in [0.05, 0.1) is 6.54 Å². The Labute approximate surface area is 133 Å². The SMILES string of the molecule is Cc1c(Br)cccc1C(=O)N(CC(N)=O)C1CCNCC1. The Balaban J connectivity index is 2.28. The average Bonchev–Trinajstić information content (AvgIpc) is 2.48. The largest absolute Gasteiger partial charge is 0.368 e. The molecule has 3 N–H and O–H groups in total. The van der Waals surface area contributed by atoms with Crippen LogP contribution in [-0.4, -0.2) is 42.4 Å². The van der Waals surface area contributed by atoms with Crippen molar-refractivity contribution in [3.63, 3.8) is 0 Å². The van der Waals surface area contributed by atoms with Gasteiger partial charge in [-0.25, -0.2) is 0 Å². The third-order valence-electron chi connectivity index (χ3n) is 3.83. The molecular formula is C15H20BrN3O2. The molecule has 0 spiro atoms. The van der Waals surface area contributed by atoms with Crippen LogP contribution in [0.3, 0.4) is 0 Å². The van der Waals surface area contributed by atoms with Gasteiger partial charge in [0.1, 0.15) is 0 Å². The molecule has 6 heteroatoms. The number of nitrogens with zero attached hydrogens (tertiary/aromatic N) is 1. The molecule has 1 aromatic rings. The molecule has 0 atom stereocenters. The minimum atomic E-state index is -0.477. The summed E-state index contributed by atoms with van der Waals surface area (Å²) in [7, 11) is 0. The van der Waals surface area contributed by atoms with Crippen LogP contribution in [0.2, 0.25) is 0 Å². The molecule has 2 amide bonds. The van der Waals surface area contributed by atoms with E-state index in [9.17, 15) is 9.59 Å². The van der Waals surface area contributed by atoms with Crippen molar-refractivity contribution in [3.05, 3.63) is 33.8 Å². The molecule has 0 bridgehead atoms. The van der Waals surface area contributed by atoms with Crippen molar-refractivity contribution in [2.75, 3.05) is 19.6 Å². The number of primary amides is 1. The summed E-state index contributed by atoms with van der Waals surface area (Å²) in [4.78, 5) is 25.8. The number of piperidine rings is 1. The predicted octanol–water partition coefficient (Wildman–Crippen LogP) is 1.44. The quantitative estimate of drug-likeness (QED) is 0.859. The van der Waals surface area contributed by atoms with Crippen LogP contribution >= 0.6 is 15.9 Å². The van der Waals surface area contributed by atoms with E-state index in [1.807, 2.05) is 19.1 Å². The predicted molar refractivity (Wildman–Crippen MR) is 85.0 cm³/mol. The highest BCUT2D eigenvalue weighted by atomic mass is 79.9. The first-order valence-electron chi connectivity index (χ1n) is 7.06. The zero-order valence-electron chi connectivity index (χ0n) is 12.1. The molecule has 0 saturated carbocycles. The van der Waals surface area contributed by atoms with Crippen LogP contribution in [0.25, 0.3) is 0 Å². The van der Waals surface area contributed by atoms with Gasteiger partial charge in [0, 0.05) is 16.1 Å². The van der Waals surface area contributed by atoms with Gasteiger partial charge >= 0.3 is 0 Å². The topological polar surface area (TPSA) is 75.4 Å². The van der Waals surface area contributed by atoms with Crippen molar-refractivity contribution in [2.24, 2.45) is 5.73 Å². The minimum absolute atomic E-state index is 0.0323. The van der Waals surface area contributed by atoms with E-state index in [0.717, 1.165) is 36.0 Å². The lowest BCUT2D eigenvalue weighted by Gasteiger charge is -2.34. The maximum absolute atomic E-state index is 12.8. The summed E-state index contributed by atoms with van der Waals surface area (Å²) >= 11 is 3.44. The molecule has 5 nitrogen and oxygen atoms in total. The van der Waals surface area contributed by atoms with E-state index < -0.39 is 5.91 Å². The smallest absolute Gasteiger partial charge is 0.254 e. The number of amides is 2. The summed E-state index contributed by atoms with van der Waals surface area (Å²) in [5, 5.41) is 3.26. The molecule has 0 aromatic heterocycles. The van der Waals surface area contributed by atoms with E-state index in [0.29, 0.717) is 5.56 Å². The minimum Gasteiger partial charge on any atom is -0.368 e. The molecule has 1 saturated heterocycles. The lowest BCUT2D eigenvalue weighted by atomic mass is 10.0. The zero-order chi connectivity index (χ0) is 15.4. The van der Waals surface area contributed by atoms with Gasteiger partial charge in [0.25, 0.3) is 5.91 Å². The van der Waals surface area contributed by atoms with Gasteiger partial charge in [-0.15, -0.1) is 0 Å². The molecule has 114 valence electrons. The summed E-state index contributed by atoms with van der Waals surface area (Å²) in [5.74, 6) is -0.603. The van der Waals surface area contributed by atoms with Crippen LogP contribution < -0.4 is 11.1 Å². The molecule has 21 heavy (non-hydrogen) atoms. The molecule has 1 aliphatic heterocycles. The Bertz CT molecular complexity index is 542. The number of hydrogen-bond donors (Lipinski definition) is 2. The Hall–Kier alpha value is -1.40. The number of carbonyl (C=O) groups excluding carboxylic acids is 2. The van der Waals surface area contributed by atoms with Crippen LogP contribution in [-0.2, 0) is 4.79 Å². The number of carbonyl (C=O) groups is 2. The van der Waals surface area contributed by atoms with E-state index in [2.05, 4.69) is 21.2 Å². The lowest BCUT2D eigenvalue weighted by molar-refractivity contribution is -0.119. The fourth-order valence-electron chi connectivity index (χ4n) is 2.65. The third kappa shape index (κ3) is 3.83. The van der Waals surface area contributed by atoms with Crippen LogP contribution in [0, 0.1) is 6.92 Å². The average molecular weight is 354 g/mol. The first kappa shape index (κ1) is 16.0. The van der Waals surface area contributed by atoms with Crippen LogP contribution in [0.15, 0.2) is 22.7 Å². The molecule has 1 fully saturated rings. The van der Waals surface area contributed by atoms with E-state index in [-0.39, 0.29) is 18.5 Å². The lowest BCUT2D eigenvalue weighted by Crippen LogP contribution is -2.49. The van der Waals surface area contributed by atoms with Crippen LogP contribution in [0.1, 0.15) is 28.8 Å². The van der Waals surface area contributed by atoms with Gasteiger partial charge in [-0.1, -0.05) is 22.0 Å². The van der Waals surface area contributed by atoms with Crippen molar-refractivity contribution < 1.29 is 9.59 Å². The highest BCUT2D eigenvalue weighted by Gasteiger charge is 2.28. The summed E-state index contributed by atoms with van der Waals surface area (Å²) < 4.78 is 0.887. The van der Waals surface area contributed by atoms with Crippen molar-refractivity contribution in [2.45, 2.75) is 25.8 Å². The molecule has 0 unspecified atom stereocenters. The Morgan fingerprint density at radius 1 is 1.38 bits per heavy atom. The number of nitrogens with one attached hydrogen (secondary N) is 1. The number of halogens is 1.